The largest absolute Gasteiger partial charge is 0.446 e. The van der Waals surface area contributed by atoms with Crippen LogP contribution in [0.25, 0.3) is 0 Å². The van der Waals surface area contributed by atoms with Crippen LogP contribution < -0.4 is 0 Å². The number of carbonyl (C=O) groups excluding carboxylic acids is 1. The van der Waals surface area contributed by atoms with E-state index in [4.69, 9.17) is 16.0 Å². The van der Waals surface area contributed by atoms with Gasteiger partial charge in [0.15, 0.2) is 10.4 Å². The minimum Gasteiger partial charge on any atom is -0.446 e. The van der Waals surface area contributed by atoms with E-state index in [0.717, 1.165) is 3.57 Å². The lowest BCUT2D eigenvalue weighted by molar-refractivity contribution is 0.101. The van der Waals surface area contributed by atoms with E-state index in [9.17, 15) is 4.79 Å². The highest BCUT2D eigenvalue weighted by atomic mass is 127. The molecule has 2 rings (SSSR count). The van der Waals surface area contributed by atoms with Gasteiger partial charge in [-0.2, -0.15) is 0 Å². The lowest BCUT2D eigenvalue weighted by atomic mass is 10.1. The molecule has 16 heavy (non-hydrogen) atoms. The molecule has 0 saturated heterocycles. The Hall–Kier alpha value is -0.330. The van der Waals surface area contributed by atoms with Crippen LogP contribution in [-0.4, -0.2) is 5.78 Å². The van der Waals surface area contributed by atoms with Crippen molar-refractivity contribution in [2.24, 2.45) is 0 Å². The predicted octanol–water partition coefficient (Wildman–Crippen LogP) is 4.53. The third-order valence-electron chi connectivity index (χ3n) is 1.97. The molecule has 82 valence electrons. The third-order valence-corrected chi connectivity index (χ3v) is 3.57. The van der Waals surface area contributed by atoms with Crippen molar-refractivity contribution in [1.29, 1.82) is 0 Å². The maximum atomic E-state index is 12.1. The number of rotatable bonds is 2. The fourth-order valence-electron chi connectivity index (χ4n) is 1.24. The summed E-state index contributed by atoms with van der Waals surface area (Å²) < 4.78 is 6.60. The Morgan fingerprint density at radius 1 is 1.31 bits per heavy atom. The molecule has 0 atom stereocenters. The molecule has 0 fully saturated rings. The van der Waals surface area contributed by atoms with E-state index in [1.165, 1.54) is 0 Å². The van der Waals surface area contributed by atoms with Crippen molar-refractivity contribution in [3.63, 3.8) is 0 Å². The normalized spacial score (nSPS) is 10.4. The van der Waals surface area contributed by atoms with Crippen molar-refractivity contribution in [2.75, 3.05) is 0 Å². The minimum atomic E-state index is -0.169. The van der Waals surface area contributed by atoms with Crippen LogP contribution in [0.4, 0.5) is 0 Å². The van der Waals surface area contributed by atoms with E-state index in [1.54, 1.807) is 30.3 Å². The first-order valence-electron chi connectivity index (χ1n) is 4.33. The highest BCUT2D eigenvalue weighted by molar-refractivity contribution is 14.1. The average molecular weight is 411 g/mol. The number of furan rings is 1. The van der Waals surface area contributed by atoms with Crippen molar-refractivity contribution in [2.45, 2.75) is 0 Å². The standard InChI is InChI=1S/C11H5BrClIO2/c12-10-4-3-9(16-10)11(15)7-5-6(13)1-2-8(7)14/h1-5H. The number of carbonyl (C=O) groups is 1. The van der Waals surface area contributed by atoms with Gasteiger partial charge in [0.05, 0.1) is 0 Å². The van der Waals surface area contributed by atoms with E-state index < -0.39 is 0 Å². The predicted molar refractivity (Wildman–Crippen MR) is 74.0 cm³/mol. The van der Waals surface area contributed by atoms with Gasteiger partial charge in [-0.3, -0.25) is 4.79 Å². The first-order chi connectivity index (χ1) is 7.58. The van der Waals surface area contributed by atoms with Gasteiger partial charge in [0.25, 0.3) is 0 Å². The molecule has 1 aromatic carbocycles. The summed E-state index contributed by atoms with van der Waals surface area (Å²) >= 11 is 11.1. The van der Waals surface area contributed by atoms with Crippen LogP contribution in [0, 0.1) is 3.57 Å². The first kappa shape index (κ1) is 12.1. The average Bonchev–Trinajstić information content (AvgIpc) is 2.67. The quantitative estimate of drug-likeness (QED) is 0.537. The molecule has 0 bridgehead atoms. The summed E-state index contributed by atoms with van der Waals surface area (Å²) in [6.45, 7) is 0. The summed E-state index contributed by atoms with van der Waals surface area (Å²) in [5, 5.41) is 0.536. The van der Waals surface area contributed by atoms with Gasteiger partial charge >= 0.3 is 0 Å². The monoisotopic (exact) mass is 410 g/mol. The second-order valence-electron chi connectivity index (χ2n) is 3.06. The second kappa shape index (κ2) is 4.89. The zero-order valence-electron chi connectivity index (χ0n) is 7.84. The molecule has 5 heteroatoms. The van der Waals surface area contributed by atoms with Crippen LogP contribution in [0.15, 0.2) is 39.4 Å². The van der Waals surface area contributed by atoms with Crippen molar-refractivity contribution in [3.8, 4) is 0 Å². The van der Waals surface area contributed by atoms with E-state index in [0.29, 0.717) is 21.0 Å². The zero-order valence-corrected chi connectivity index (χ0v) is 12.3. The number of halogens is 3. The summed E-state index contributed by atoms with van der Waals surface area (Å²) in [4.78, 5) is 12.1. The van der Waals surface area contributed by atoms with Gasteiger partial charge in [-0.1, -0.05) is 11.6 Å². The van der Waals surface area contributed by atoms with Crippen LogP contribution in [0.2, 0.25) is 5.02 Å². The Morgan fingerprint density at radius 3 is 2.69 bits per heavy atom. The number of benzene rings is 1. The smallest absolute Gasteiger partial charge is 0.229 e. The Labute approximate surface area is 119 Å². The van der Waals surface area contributed by atoms with Crippen molar-refractivity contribution in [3.05, 3.63) is 54.9 Å². The zero-order chi connectivity index (χ0) is 11.7. The lowest BCUT2D eigenvalue weighted by Crippen LogP contribution is -2.02. The summed E-state index contributed by atoms with van der Waals surface area (Å²) in [6.07, 6.45) is 0. The molecule has 0 N–H and O–H groups in total. The van der Waals surface area contributed by atoms with Crippen LogP contribution in [-0.2, 0) is 0 Å². The molecular weight excluding hydrogens is 406 g/mol. The fraction of sp³-hybridized carbons (Fsp3) is 0. The van der Waals surface area contributed by atoms with E-state index >= 15 is 0 Å². The molecule has 0 saturated carbocycles. The van der Waals surface area contributed by atoms with Crippen molar-refractivity contribution in [1.82, 2.24) is 0 Å². The molecule has 2 nitrogen and oxygen atoms in total. The molecule has 0 radical (unpaired) electrons. The number of hydrogen-bond donors (Lipinski definition) is 0. The van der Waals surface area contributed by atoms with E-state index in [2.05, 4.69) is 38.5 Å². The van der Waals surface area contributed by atoms with Crippen LogP contribution in [0.3, 0.4) is 0 Å². The second-order valence-corrected chi connectivity index (χ2v) is 5.44. The molecule has 0 spiro atoms. The van der Waals surface area contributed by atoms with Crippen molar-refractivity contribution < 1.29 is 9.21 Å². The molecule has 0 aliphatic rings. The molecule has 0 aliphatic carbocycles. The minimum absolute atomic E-state index is 0.169. The summed E-state index contributed by atoms with van der Waals surface area (Å²) in [7, 11) is 0. The molecular formula is C11H5BrClIO2. The highest BCUT2D eigenvalue weighted by Gasteiger charge is 2.16. The van der Waals surface area contributed by atoms with Crippen LogP contribution in [0.1, 0.15) is 16.1 Å². The molecule has 2 aromatic rings. The van der Waals surface area contributed by atoms with Gasteiger partial charge in [0, 0.05) is 14.2 Å². The Kier molecular flexibility index (Phi) is 3.71. The van der Waals surface area contributed by atoms with Gasteiger partial charge < -0.3 is 4.42 Å². The van der Waals surface area contributed by atoms with Crippen LogP contribution in [0.5, 0.6) is 0 Å². The number of ketones is 1. The SMILES string of the molecule is O=C(c1ccc(Br)o1)c1cc(Cl)ccc1I. The molecule has 0 unspecified atom stereocenters. The maximum Gasteiger partial charge on any atom is 0.229 e. The Bertz CT molecular complexity index is 551. The Balaban J connectivity index is 2.45. The third kappa shape index (κ3) is 2.49. The molecule has 0 amide bonds. The first-order valence-corrected chi connectivity index (χ1v) is 6.58. The van der Waals surface area contributed by atoms with Crippen LogP contribution >= 0.6 is 50.1 Å². The maximum absolute atomic E-state index is 12.1. The van der Waals surface area contributed by atoms with Gasteiger partial charge in [-0.15, -0.1) is 0 Å². The summed E-state index contributed by atoms with van der Waals surface area (Å²) in [6, 6.07) is 8.50. The van der Waals surface area contributed by atoms with Crippen molar-refractivity contribution >= 4 is 55.9 Å². The fourth-order valence-corrected chi connectivity index (χ4v) is 2.30. The van der Waals surface area contributed by atoms with E-state index in [-0.39, 0.29) is 5.78 Å². The van der Waals surface area contributed by atoms with Gasteiger partial charge in [0.2, 0.25) is 5.78 Å². The van der Waals surface area contributed by atoms with E-state index in [1.807, 2.05) is 0 Å². The molecule has 0 aliphatic heterocycles. The highest BCUT2D eigenvalue weighted by Crippen LogP contribution is 2.23. The van der Waals surface area contributed by atoms with Gasteiger partial charge in [-0.25, -0.2) is 0 Å². The van der Waals surface area contributed by atoms with Gasteiger partial charge in [-0.05, 0) is 68.9 Å². The summed E-state index contributed by atoms with van der Waals surface area (Å²) in [5.41, 5.74) is 0.551. The summed E-state index contributed by atoms with van der Waals surface area (Å²) in [5.74, 6) is 0.129. The molecule has 1 aromatic heterocycles. The molecule has 1 heterocycles. The number of hydrogen-bond acceptors (Lipinski definition) is 2. The lowest BCUT2D eigenvalue weighted by Gasteiger charge is -2.01. The van der Waals surface area contributed by atoms with Gasteiger partial charge in [0.1, 0.15) is 0 Å². The topological polar surface area (TPSA) is 30.2 Å². The Morgan fingerprint density at radius 2 is 2.06 bits per heavy atom.